The van der Waals surface area contributed by atoms with Gasteiger partial charge in [0.1, 0.15) is 11.5 Å². The van der Waals surface area contributed by atoms with Gasteiger partial charge in [0.25, 0.3) is 5.91 Å². The average molecular weight is 438 g/mol. The second-order valence-electron chi connectivity index (χ2n) is 7.33. The van der Waals surface area contributed by atoms with Gasteiger partial charge in [-0.15, -0.1) is 0 Å². The number of carbonyl (C=O) groups is 1. The highest BCUT2D eigenvalue weighted by Crippen LogP contribution is 2.30. The molecule has 0 aromatic carbocycles. The van der Waals surface area contributed by atoms with Crippen molar-refractivity contribution in [2.45, 2.75) is 58.8 Å². The molecule has 31 heavy (non-hydrogen) atoms. The van der Waals surface area contributed by atoms with Gasteiger partial charge in [0.15, 0.2) is 5.69 Å². The Morgan fingerprint density at radius 3 is 2.39 bits per heavy atom. The highest BCUT2D eigenvalue weighted by molar-refractivity contribution is 5.93. The molecule has 0 spiro atoms. The number of fused-ring (bicyclic) bond motifs is 1. The van der Waals surface area contributed by atoms with Crippen LogP contribution < -0.4 is 10.6 Å². The predicted molar refractivity (Wildman–Crippen MR) is 114 cm³/mol. The Morgan fingerprint density at radius 2 is 1.77 bits per heavy atom. The number of aromatic nitrogens is 4. The van der Waals surface area contributed by atoms with Crippen LogP contribution in [-0.2, 0) is 13.2 Å². The fraction of sp³-hybridized carbons (Fsp3) is 0.476. The van der Waals surface area contributed by atoms with Crippen molar-refractivity contribution in [2.24, 2.45) is 7.05 Å². The van der Waals surface area contributed by atoms with Crippen molar-refractivity contribution in [3.8, 4) is 0 Å². The Hall–Kier alpha value is -3.04. The summed E-state index contributed by atoms with van der Waals surface area (Å²) >= 11 is 0. The minimum atomic E-state index is -4.48. The number of amides is 1. The van der Waals surface area contributed by atoms with Crippen molar-refractivity contribution in [3.05, 3.63) is 48.0 Å². The summed E-state index contributed by atoms with van der Waals surface area (Å²) in [7, 11) is 1.76. The van der Waals surface area contributed by atoms with E-state index >= 15 is 0 Å². The van der Waals surface area contributed by atoms with Gasteiger partial charge in [-0.3, -0.25) is 13.9 Å². The fourth-order valence-electron chi connectivity index (χ4n) is 3.66. The maximum atomic E-state index is 13.0. The predicted octanol–water partition coefficient (Wildman–Crippen LogP) is 4.51. The van der Waals surface area contributed by atoms with Gasteiger partial charge in [-0.05, 0) is 37.8 Å². The average Bonchev–Trinajstić information content (AvgIpc) is 3.30. The fourth-order valence-corrected chi connectivity index (χ4v) is 3.66. The number of imidazole rings is 1. The van der Waals surface area contributed by atoms with Gasteiger partial charge in [-0.1, -0.05) is 20.9 Å². The Labute approximate surface area is 179 Å². The van der Waals surface area contributed by atoms with Crippen molar-refractivity contribution in [1.82, 2.24) is 24.5 Å². The first-order valence-corrected chi connectivity index (χ1v) is 9.41. The van der Waals surface area contributed by atoms with Crippen molar-refractivity contribution >= 4 is 17.4 Å². The molecule has 7 nitrogen and oxygen atoms in total. The summed E-state index contributed by atoms with van der Waals surface area (Å²) in [4.78, 5) is 15.9. The monoisotopic (exact) mass is 438 g/mol. The van der Waals surface area contributed by atoms with E-state index in [2.05, 4.69) is 20.7 Å². The lowest BCUT2D eigenvalue weighted by atomic mass is 9.91. The van der Waals surface area contributed by atoms with E-state index in [1.165, 1.54) is 10.6 Å². The normalized spacial score (nSPS) is 18.7. The van der Waals surface area contributed by atoms with Gasteiger partial charge in [0, 0.05) is 31.5 Å². The first kappa shape index (κ1) is 24.2. The summed E-state index contributed by atoms with van der Waals surface area (Å²) in [5.74, 6) is 0.436. The molecule has 3 aromatic rings. The molecule has 170 valence electrons. The summed E-state index contributed by atoms with van der Waals surface area (Å²) in [6.45, 7) is 0. The molecule has 0 atom stereocenters. The molecule has 3 heterocycles. The van der Waals surface area contributed by atoms with Crippen molar-refractivity contribution in [1.29, 1.82) is 0 Å². The zero-order valence-electron chi connectivity index (χ0n) is 15.8. The van der Waals surface area contributed by atoms with E-state index in [4.69, 9.17) is 0 Å². The van der Waals surface area contributed by atoms with Crippen LogP contribution in [0.15, 0.2) is 36.8 Å². The van der Waals surface area contributed by atoms with Gasteiger partial charge in [0.2, 0.25) is 0 Å². The van der Waals surface area contributed by atoms with E-state index < -0.39 is 11.9 Å². The third-order valence-corrected chi connectivity index (χ3v) is 5.16. The topological polar surface area (TPSA) is 76.2 Å². The highest BCUT2D eigenvalue weighted by atomic mass is 19.4. The summed E-state index contributed by atoms with van der Waals surface area (Å²) in [5.41, 5.74) is -0.131. The summed E-state index contributed by atoms with van der Waals surface area (Å²) < 4.78 is 41.9. The van der Waals surface area contributed by atoms with Gasteiger partial charge >= 0.3 is 6.18 Å². The molecule has 0 saturated heterocycles. The second-order valence-corrected chi connectivity index (χ2v) is 7.33. The molecule has 2 N–H and O–H groups in total. The minimum Gasteiger partial charge on any atom is -0.368 e. The molecule has 1 aliphatic rings. The molecule has 1 fully saturated rings. The molecular formula is C21H29F3N6O. The molecule has 4 rings (SSSR count). The van der Waals surface area contributed by atoms with Gasteiger partial charge in [-0.2, -0.15) is 18.3 Å². The van der Waals surface area contributed by atoms with Crippen LogP contribution in [0, 0.1) is 0 Å². The number of halogens is 3. The van der Waals surface area contributed by atoms with Crippen molar-refractivity contribution in [3.63, 3.8) is 0 Å². The maximum Gasteiger partial charge on any atom is 0.434 e. The largest absolute Gasteiger partial charge is 0.434 e. The number of rotatable bonds is 4. The van der Waals surface area contributed by atoms with Gasteiger partial charge in [-0.25, -0.2) is 4.98 Å². The van der Waals surface area contributed by atoms with Crippen LogP contribution in [0.5, 0.6) is 0 Å². The Morgan fingerprint density at radius 1 is 1.10 bits per heavy atom. The summed E-state index contributed by atoms with van der Waals surface area (Å²) in [6.07, 6.45) is 2.91. The molecule has 1 aliphatic carbocycles. The van der Waals surface area contributed by atoms with E-state index in [1.54, 1.807) is 36.1 Å². The Bertz CT molecular complexity index is 1020. The number of nitrogens with one attached hydrogen (secondary N) is 2. The van der Waals surface area contributed by atoms with Crippen LogP contribution in [0.4, 0.5) is 19.0 Å². The van der Waals surface area contributed by atoms with Gasteiger partial charge < -0.3 is 10.6 Å². The molecular weight excluding hydrogens is 409 g/mol. The first-order chi connectivity index (χ1) is 13.8. The van der Waals surface area contributed by atoms with Crippen LogP contribution >= 0.6 is 0 Å². The lowest BCUT2D eigenvalue weighted by Gasteiger charge is -2.30. The van der Waals surface area contributed by atoms with Crippen LogP contribution in [-0.4, -0.2) is 37.2 Å². The third kappa shape index (κ3) is 5.36. The second kappa shape index (κ2) is 9.40. The number of aryl methyl sites for hydroxylation is 1. The molecule has 0 bridgehead atoms. The smallest absolute Gasteiger partial charge is 0.368 e. The van der Waals surface area contributed by atoms with Gasteiger partial charge in [0.05, 0.1) is 11.8 Å². The number of pyridine rings is 1. The standard InChI is InChI=1S/C19H21F3N6O.2CH4/c1-27-10-12(9-23-27)18(29)25-14-7-5-13(6-8-14)24-16-3-2-4-17-26-15(11-28(16)17)19(20,21)22;;/h2-4,9-11,13-14,24H,5-8H2,1H3,(H,25,29);2*1H4. The van der Waals surface area contributed by atoms with E-state index in [0.717, 1.165) is 31.9 Å². The van der Waals surface area contributed by atoms with Crippen molar-refractivity contribution < 1.29 is 18.0 Å². The Kier molecular flexibility index (Phi) is 7.35. The lowest BCUT2D eigenvalue weighted by Crippen LogP contribution is -2.40. The number of alkyl halides is 3. The van der Waals surface area contributed by atoms with Crippen molar-refractivity contribution in [2.75, 3.05) is 5.32 Å². The molecule has 3 aromatic heterocycles. The summed E-state index contributed by atoms with van der Waals surface area (Å²) in [5, 5.41) is 10.3. The van der Waals surface area contributed by atoms with Crippen LogP contribution in [0.3, 0.4) is 0 Å². The van der Waals surface area contributed by atoms with E-state index in [9.17, 15) is 18.0 Å². The zero-order valence-corrected chi connectivity index (χ0v) is 15.8. The first-order valence-electron chi connectivity index (χ1n) is 9.41. The number of anilines is 1. The van der Waals surface area contributed by atoms with Crippen LogP contribution in [0.25, 0.3) is 5.65 Å². The van der Waals surface area contributed by atoms with E-state index in [0.29, 0.717) is 11.4 Å². The van der Waals surface area contributed by atoms with E-state index in [-0.39, 0.29) is 38.5 Å². The quantitative estimate of drug-likeness (QED) is 0.628. The molecule has 10 heteroatoms. The minimum absolute atomic E-state index is 0. The maximum absolute atomic E-state index is 13.0. The van der Waals surface area contributed by atoms with Crippen LogP contribution in [0.1, 0.15) is 56.6 Å². The SMILES string of the molecule is C.C.Cn1cc(C(=O)NC2CCC(Nc3cccc4nc(C(F)(F)F)cn34)CC2)cn1. The zero-order chi connectivity index (χ0) is 20.6. The molecule has 0 radical (unpaired) electrons. The summed E-state index contributed by atoms with van der Waals surface area (Å²) in [6, 6.07) is 5.16. The molecule has 1 amide bonds. The third-order valence-electron chi connectivity index (χ3n) is 5.16. The Balaban J connectivity index is 0.00000171. The molecule has 0 aliphatic heterocycles. The number of hydrogen-bond acceptors (Lipinski definition) is 4. The molecule has 0 unspecified atom stereocenters. The van der Waals surface area contributed by atoms with Crippen LogP contribution in [0.2, 0.25) is 0 Å². The van der Waals surface area contributed by atoms with E-state index in [1.807, 2.05) is 0 Å². The lowest BCUT2D eigenvalue weighted by molar-refractivity contribution is -0.140. The number of nitrogens with zero attached hydrogens (tertiary/aromatic N) is 4. The molecule has 1 saturated carbocycles. The number of carbonyl (C=O) groups excluding carboxylic acids is 1. The number of hydrogen-bond donors (Lipinski definition) is 2. The highest BCUT2D eigenvalue weighted by Gasteiger charge is 2.34.